The highest BCUT2D eigenvalue weighted by Gasteiger charge is 2.39. The monoisotopic (exact) mass is 762 g/mol. The summed E-state index contributed by atoms with van der Waals surface area (Å²) < 4.78 is 9.55. The molecule has 2 aromatic heterocycles. The summed E-state index contributed by atoms with van der Waals surface area (Å²) in [6.07, 6.45) is 3.78. The van der Waals surface area contributed by atoms with Crippen LogP contribution in [0.15, 0.2) is 60.8 Å². The zero-order valence-corrected chi connectivity index (χ0v) is 32.7. The minimum atomic E-state index is -0.702. The van der Waals surface area contributed by atoms with Gasteiger partial charge in [0.05, 0.1) is 49.2 Å². The molecule has 2 aliphatic rings. The van der Waals surface area contributed by atoms with Crippen molar-refractivity contribution in [1.29, 1.82) is 0 Å². The molecule has 0 saturated carbocycles. The molecule has 2 fully saturated rings. The highest BCUT2D eigenvalue weighted by atomic mass is 16.5. The number of hydrogen-bond donors (Lipinski definition) is 4. The first kappa shape index (κ1) is 38.4. The van der Waals surface area contributed by atoms with Crippen LogP contribution in [0.4, 0.5) is 9.59 Å². The lowest BCUT2D eigenvalue weighted by atomic mass is 9.96. The van der Waals surface area contributed by atoms with Crippen LogP contribution in [-0.4, -0.2) is 93.1 Å². The minimum absolute atomic E-state index is 0.111. The summed E-state index contributed by atoms with van der Waals surface area (Å²) in [6.45, 7) is 8.78. The average molecular weight is 763 g/mol. The number of methoxy groups -OCH3 is 2. The van der Waals surface area contributed by atoms with Gasteiger partial charge in [0.15, 0.2) is 0 Å². The van der Waals surface area contributed by atoms with Crippen LogP contribution in [0.25, 0.3) is 44.2 Å². The van der Waals surface area contributed by atoms with Gasteiger partial charge in [-0.05, 0) is 65.7 Å². The quantitative estimate of drug-likeness (QED) is 0.119. The number of aromatic nitrogens is 4. The van der Waals surface area contributed by atoms with E-state index in [1.165, 1.54) is 14.2 Å². The Balaban J connectivity index is 1.11. The van der Waals surface area contributed by atoms with Crippen molar-refractivity contribution in [3.63, 3.8) is 0 Å². The Kier molecular flexibility index (Phi) is 11.0. The number of imidazole rings is 2. The molecular formula is C42H50N8O6. The van der Waals surface area contributed by atoms with Crippen molar-refractivity contribution in [3.8, 4) is 22.4 Å². The third-order valence-corrected chi connectivity index (χ3v) is 11.1. The molecule has 0 aliphatic carbocycles. The van der Waals surface area contributed by atoms with Crippen molar-refractivity contribution in [2.75, 3.05) is 27.3 Å². The number of rotatable bonds is 10. The maximum atomic E-state index is 13.7. The van der Waals surface area contributed by atoms with E-state index in [0.717, 1.165) is 81.5 Å². The predicted octanol–water partition coefficient (Wildman–Crippen LogP) is 6.86. The van der Waals surface area contributed by atoms with Gasteiger partial charge in [-0.2, -0.15) is 0 Å². The number of carbonyl (C=O) groups is 4. The molecule has 294 valence electrons. The van der Waals surface area contributed by atoms with Crippen molar-refractivity contribution < 1.29 is 28.7 Å². The van der Waals surface area contributed by atoms with Gasteiger partial charge in [0.25, 0.3) is 0 Å². The van der Waals surface area contributed by atoms with Gasteiger partial charge < -0.3 is 39.9 Å². The minimum Gasteiger partial charge on any atom is -0.453 e. The third-order valence-electron chi connectivity index (χ3n) is 11.1. The van der Waals surface area contributed by atoms with Crippen LogP contribution in [0.5, 0.6) is 0 Å². The largest absolute Gasteiger partial charge is 0.453 e. The van der Waals surface area contributed by atoms with Gasteiger partial charge in [-0.15, -0.1) is 0 Å². The molecule has 4 heterocycles. The molecule has 5 aromatic rings. The Morgan fingerprint density at radius 1 is 0.714 bits per heavy atom. The fourth-order valence-electron chi connectivity index (χ4n) is 8.13. The Hall–Kier alpha value is -5.92. The predicted molar refractivity (Wildman–Crippen MR) is 212 cm³/mol. The molecule has 2 aliphatic heterocycles. The summed E-state index contributed by atoms with van der Waals surface area (Å²) in [4.78, 5) is 71.7. The van der Waals surface area contributed by atoms with Crippen molar-refractivity contribution >= 4 is 45.8 Å². The summed E-state index contributed by atoms with van der Waals surface area (Å²) in [5.74, 6) is 0.934. The number of hydrogen-bond acceptors (Lipinski definition) is 8. The van der Waals surface area contributed by atoms with Gasteiger partial charge >= 0.3 is 12.2 Å². The van der Waals surface area contributed by atoms with Gasteiger partial charge in [-0.25, -0.2) is 19.6 Å². The van der Waals surface area contributed by atoms with E-state index in [0.29, 0.717) is 13.1 Å². The molecule has 0 bridgehead atoms. The zero-order chi connectivity index (χ0) is 39.7. The van der Waals surface area contributed by atoms with Crippen LogP contribution in [0.3, 0.4) is 0 Å². The van der Waals surface area contributed by atoms with Crippen molar-refractivity contribution in [3.05, 3.63) is 72.4 Å². The summed E-state index contributed by atoms with van der Waals surface area (Å²) in [5.41, 5.74) is 5.66. The number of H-pyrrole nitrogens is 2. The fraction of sp³-hybridized carbons (Fsp3) is 0.429. The normalized spacial score (nSPS) is 18.1. The van der Waals surface area contributed by atoms with E-state index in [2.05, 4.69) is 63.1 Å². The van der Waals surface area contributed by atoms with E-state index in [4.69, 9.17) is 19.4 Å². The lowest BCUT2D eigenvalue weighted by Crippen LogP contribution is -2.51. The lowest BCUT2D eigenvalue weighted by molar-refractivity contribution is -0.136. The van der Waals surface area contributed by atoms with Gasteiger partial charge in [0.1, 0.15) is 23.7 Å². The topological polar surface area (TPSA) is 175 Å². The van der Waals surface area contributed by atoms with Crippen LogP contribution >= 0.6 is 0 Å². The van der Waals surface area contributed by atoms with E-state index in [-0.39, 0.29) is 35.7 Å². The standard InChI is InChI=1S/C42H50N8O6/c1-23(2)34(47-41(53)55-5)39(51)49-20-8-12-32(49)37-43-22-31(45-37)26-16-14-25(15-17-26)27-10-7-11-29-28(27)18-19-30-36(29)46-38(44-30)33-13-9-21-50(33)40(52)35(24(3)4)48-42(54)56-6/h7,10-11,14-19,22-24,32-35H,8-9,12-13,20-21H2,1-6H3,(H,43,45)(H,44,46)(H,47,53)(H,48,54)/t32-,33-,34+,35?/m1/s1. The first-order chi connectivity index (χ1) is 27.0. The van der Waals surface area contributed by atoms with Gasteiger partial charge in [-0.1, -0.05) is 76.2 Å². The number of likely N-dealkylation sites (tertiary alicyclic amines) is 2. The maximum Gasteiger partial charge on any atom is 0.407 e. The molecule has 14 nitrogen and oxygen atoms in total. The highest BCUT2D eigenvalue weighted by molar-refractivity contribution is 6.09. The average Bonchev–Trinajstić information content (AvgIpc) is 4.04. The van der Waals surface area contributed by atoms with Gasteiger partial charge in [0, 0.05) is 18.5 Å². The van der Waals surface area contributed by atoms with Gasteiger partial charge in [0.2, 0.25) is 11.8 Å². The SMILES string of the molecule is COC(=O)NC(C(=O)N1CCC[C@@H]1c1nc2c(ccc3c(-c4ccc(-c5cnc([C@H]6CCCN6C(=O)[C@@H](NC(=O)OC)C(C)C)[nH]5)cc4)cccc32)[nH]1)C(C)C. The molecule has 4 N–H and O–H groups in total. The second-order valence-corrected chi connectivity index (χ2v) is 15.3. The number of nitrogens with zero attached hydrogens (tertiary/aromatic N) is 4. The number of alkyl carbamates (subject to hydrolysis) is 2. The molecule has 1 unspecified atom stereocenters. The van der Waals surface area contributed by atoms with Crippen LogP contribution in [0.2, 0.25) is 0 Å². The molecule has 4 atom stereocenters. The summed E-state index contributed by atoms with van der Waals surface area (Å²) in [5, 5.41) is 7.48. The zero-order valence-electron chi connectivity index (χ0n) is 32.7. The second-order valence-electron chi connectivity index (χ2n) is 15.3. The Bertz CT molecular complexity index is 2240. The maximum absolute atomic E-state index is 13.7. The highest BCUT2D eigenvalue weighted by Crippen LogP contribution is 2.38. The summed E-state index contributed by atoms with van der Waals surface area (Å²) in [7, 11) is 2.58. The fourth-order valence-corrected chi connectivity index (χ4v) is 8.13. The Morgan fingerprint density at radius 3 is 1.86 bits per heavy atom. The van der Waals surface area contributed by atoms with E-state index < -0.39 is 24.3 Å². The molecule has 14 heteroatoms. The van der Waals surface area contributed by atoms with Crippen LogP contribution in [0.1, 0.15) is 77.1 Å². The summed E-state index contributed by atoms with van der Waals surface area (Å²) >= 11 is 0. The van der Waals surface area contributed by atoms with E-state index >= 15 is 0 Å². The van der Waals surface area contributed by atoms with Crippen LogP contribution < -0.4 is 10.6 Å². The van der Waals surface area contributed by atoms with Crippen LogP contribution in [-0.2, 0) is 19.1 Å². The second kappa shape index (κ2) is 16.0. The molecule has 7 rings (SSSR count). The number of carbonyl (C=O) groups excluding carboxylic acids is 4. The van der Waals surface area contributed by atoms with Gasteiger partial charge in [-0.3, -0.25) is 9.59 Å². The first-order valence-electron chi connectivity index (χ1n) is 19.4. The number of ether oxygens (including phenoxy) is 2. The first-order valence-corrected chi connectivity index (χ1v) is 19.4. The van der Waals surface area contributed by atoms with Crippen LogP contribution in [0, 0.1) is 11.8 Å². The number of amides is 4. The number of benzene rings is 3. The number of aromatic amines is 2. The molecule has 4 amide bonds. The molecule has 0 radical (unpaired) electrons. The lowest BCUT2D eigenvalue weighted by Gasteiger charge is -2.30. The van der Waals surface area contributed by atoms with Crippen molar-refractivity contribution in [1.82, 2.24) is 40.4 Å². The third kappa shape index (κ3) is 7.39. The molecule has 0 spiro atoms. The van der Waals surface area contributed by atoms with E-state index in [1.54, 1.807) is 6.20 Å². The molecule has 2 saturated heterocycles. The van der Waals surface area contributed by atoms with Crippen molar-refractivity contribution in [2.45, 2.75) is 77.5 Å². The Labute approximate surface area is 325 Å². The number of nitrogens with one attached hydrogen (secondary N) is 4. The van der Waals surface area contributed by atoms with E-state index in [9.17, 15) is 19.2 Å². The van der Waals surface area contributed by atoms with Crippen molar-refractivity contribution in [2.24, 2.45) is 11.8 Å². The molecular weight excluding hydrogens is 713 g/mol. The van der Waals surface area contributed by atoms with E-state index in [1.807, 2.05) is 49.6 Å². The number of fused-ring (bicyclic) bond motifs is 3. The summed E-state index contributed by atoms with van der Waals surface area (Å²) in [6, 6.07) is 16.8. The molecule has 56 heavy (non-hydrogen) atoms. The smallest absolute Gasteiger partial charge is 0.407 e. The Morgan fingerprint density at radius 2 is 1.29 bits per heavy atom. The molecule has 3 aromatic carbocycles.